The van der Waals surface area contributed by atoms with Crippen molar-refractivity contribution in [3.8, 4) is 22.6 Å². The molecule has 42 heavy (non-hydrogen) atoms. The van der Waals surface area contributed by atoms with Crippen LogP contribution in [-0.2, 0) is 7.05 Å². The molecule has 2 fully saturated rings. The predicted octanol–water partition coefficient (Wildman–Crippen LogP) is 4.67. The number of nitrogens with zero attached hydrogens (tertiary/aromatic N) is 4. The second kappa shape index (κ2) is 12.1. The number of likely N-dealkylation sites (tertiary alicyclic amines) is 1. The fourth-order valence-corrected chi connectivity index (χ4v) is 5.94. The van der Waals surface area contributed by atoms with Gasteiger partial charge in [0.1, 0.15) is 11.3 Å². The summed E-state index contributed by atoms with van der Waals surface area (Å²) in [4.78, 5) is 37.9. The molecule has 0 radical (unpaired) electrons. The highest BCUT2D eigenvalue weighted by Crippen LogP contribution is 2.37. The topological polar surface area (TPSA) is 111 Å². The van der Waals surface area contributed by atoms with E-state index < -0.39 is 0 Å². The van der Waals surface area contributed by atoms with Crippen LogP contribution in [0.5, 0.6) is 11.5 Å². The van der Waals surface area contributed by atoms with Crippen molar-refractivity contribution in [1.29, 1.82) is 0 Å². The minimum absolute atomic E-state index is 0.124. The summed E-state index contributed by atoms with van der Waals surface area (Å²) in [6.45, 7) is 3.31. The Morgan fingerprint density at radius 1 is 1.12 bits per heavy atom. The lowest BCUT2D eigenvalue weighted by Crippen LogP contribution is -2.36. The molecule has 6 rings (SSSR count). The van der Waals surface area contributed by atoms with Crippen LogP contribution in [0.1, 0.15) is 36.0 Å². The Kier molecular flexibility index (Phi) is 8.12. The maximum absolute atomic E-state index is 13.3. The molecule has 4 heterocycles. The average molecular weight is 589 g/mol. The number of amides is 1. The third-order valence-corrected chi connectivity index (χ3v) is 8.85. The first-order chi connectivity index (χ1) is 20.4. The lowest BCUT2D eigenvalue weighted by Gasteiger charge is -2.28. The summed E-state index contributed by atoms with van der Waals surface area (Å²) < 4.78 is 13.3. The number of thiophene rings is 1. The fraction of sp³-hybridized carbons (Fsp3) is 0.419. The van der Waals surface area contributed by atoms with Crippen molar-refractivity contribution in [2.45, 2.75) is 25.7 Å². The molecule has 1 aliphatic heterocycles. The lowest BCUT2D eigenvalue weighted by atomic mass is 9.97. The molecular weight excluding hydrogens is 552 g/mol. The number of rotatable bonds is 10. The third kappa shape index (κ3) is 5.98. The van der Waals surface area contributed by atoms with Gasteiger partial charge in [-0.1, -0.05) is 0 Å². The normalized spacial score (nSPS) is 16.0. The number of aryl methyl sites for hydroxylation is 1. The molecule has 2 aliphatic rings. The zero-order valence-corrected chi connectivity index (χ0v) is 25.0. The Bertz CT molecular complexity index is 1640. The summed E-state index contributed by atoms with van der Waals surface area (Å²) in [5, 5.41) is 10.3. The van der Waals surface area contributed by atoms with Crippen molar-refractivity contribution >= 4 is 39.9 Å². The van der Waals surface area contributed by atoms with E-state index in [9.17, 15) is 9.59 Å². The van der Waals surface area contributed by atoms with Crippen LogP contribution in [0.4, 0.5) is 11.6 Å². The van der Waals surface area contributed by atoms with Crippen LogP contribution in [0, 0.1) is 11.8 Å². The Labute approximate surface area is 248 Å². The zero-order valence-electron chi connectivity index (χ0n) is 24.2. The van der Waals surface area contributed by atoms with Gasteiger partial charge in [0, 0.05) is 19.2 Å². The van der Waals surface area contributed by atoms with E-state index in [-0.39, 0.29) is 11.5 Å². The molecular formula is C31H36N6O4S. The monoisotopic (exact) mass is 588 g/mol. The molecule has 0 bridgehead atoms. The quantitative estimate of drug-likeness (QED) is 0.275. The highest BCUT2D eigenvalue weighted by atomic mass is 32.1. The molecule has 4 aromatic rings. The second-order valence-corrected chi connectivity index (χ2v) is 12.0. The number of carbonyl (C=O) groups is 1. The minimum Gasteiger partial charge on any atom is -0.495 e. The van der Waals surface area contributed by atoms with Gasteiger partial charge < -0.3 is 29.6 Å². The third-order valence-electron chi connectivity index (χ3n) is 8.16. The van der Waals surface area contributed by atoms with Gasteiger partial charge in [-0.25, -0.2) is 9.97 Å². The maximum Gasteiger partial charge on any atom is 0.293 e. The molecule has 0 atom stereocenters. The number of aromatic nitrogens is 3. The van der Waals surface area contributed by atoms with Crippen molar-refractivity contribution in [3.63, 3.8) is 0 Å². The molecule has 1 amide bonds. The number of piperidine rings is 1. The Morgan fingerprint density at radius 3 is 2.64 bits per heavy atom. The number of ether oxygens (including phenoxy) is 2. The van der Waals surface area contributed by atoms with E-state index in [1.165, 1.54) is 4.57 Å². The molecule has 11 heteroatoms. The number of carbonyl (C=O) groups excluding carboxylic acids is 1. The summed E-state index contributed by atoms with van der Waals surface area (Å²) >= 11 is 1.55. The fourth-order valence-electron chi connectivity index (χ4n) is 5.30. The summed E-state index contributed by atoms with van der Waals surface area (Å²) in [6.07, 6.45) is 6.07. The van der Waals surface area contributed by atoms with E-state index in [1.807, 2.05) is 16.8 Å². The minimum atomic E-state index is -0.208. The number of benzene rings is 1. The van der Waals surface area contributed by atoms with Gasteiger partial charge in [-0.05, 0) is 98.2 Å². The first-order valence-electron chi connectivity index (χ1n) is 14.4. The van der Waals surface area contributed by atoms with Crippen molar-refractivity contribution in [2.75, 3.05) is 45.7 Å². The number of fused-ring (bicyclic) bond motifs is 1. The number of nitrogens with one attached hydrogen (secondary N) is 2. The molecule has 10 nitrogen and oxygen atoms in total. The Hall–Kier alpha value is -3.96. The van der Waals surface area contributed by atoms with E-state index in [0.717, 1.165) is 44.3 Å². The molecule has 1 aliphatic carbocycles. The molecule has 220 valence electrons. The largest absolute Gasteiger partial charge is 0.495 e. The standard InChI is InChI=1S/C31H36N6O4S/c1-36-11-8-19(9-12-36)15-32-29(38)21-6-7-23(25(14-21)40-3)34-31-33-16-24-27(35-31)26(22-10-13-42-18-22)28(30(39)37(24)2)41-17-20-4-5-20/h6-7,10,13-14,16,18-20H,4-5,8-9,11-12,15,17H2,1-3H3,(H,32,38)(H,33,34,35). The van der Waals surface area contributed by atoms with Gasteiger partial charge in [-0.3, -0.25) is 9.59 Å². The highest BCUT2D eigenvalue weighted by molar-refractivity contribution is 7.08. The molecule has 2 N–H and O–H groups in total. The van der Waals surface area contributed by atoms with Gasteiger partial charge in [0.15, 0.2) is 5.75 Å². The van der Waals surface area contributed by atoms with E-state index in [1.54, 1.807) is 49.9 Å². The number of hydrogen-bond acceptors (Lipinski definition) is 9. The predicted molar refractivity (Wildman–Crippen MR) is 165 cm³/mol. The van der Waals surface area contributed by atoms with Crippen molar-refractivity contribution < 1.29 is 14.3 Å². The number of methoxy groups -OCH3 is 1. The lowest BCUT2D eigenvalue weighted by molar-refractivity contribution is 0.0938. The van der Waals surface area contributed by atoms with E-state index >= 15 is 0 Å². The second-order valence-electron chi connectivity index (χ2n) is 11.3. The first-order valence-corrected chi connectivity index (χ1v) is 15.3. The summed E-state index contributed by atoms with van der Waals surface area (Å²) in [6, 6.07) is 7.25. The number of anilines is 2. The van der Waals surface area contributed by atoms with Crippen LogP contribution in [-0.4, -0.2) is 65.7 Å². The van der Waals surface area contributed by atoms with Crippen LogP contribution in [0.15, 0.2) is 46.0 Å². The van der Waals surface area contributed by atoms with Crippen LogP contribution in [0.2, 0.25) is 0 Å². The van der Waals surface area contributed by atoms with Gasteiger partial charge in [-0.2, -0.15) is 11.3 Å². The zero-order chi connectivity index (χ0) is 29.2. The molecule has 1 saturated carbocycles. The number of pyridine rings is 1. The molecule has 0 spiro atoms. The number of hydrogen-bond donors (Lipinski definition) is 2. The van der Waals surface area contributed by atoms with Gasteiger partial charge >= 0.3 is 0 Å². The smallest absolute Gasteiger partial charge is 0.293 e. The Balaban J connectivity index is 1.27. The van der Waals surface area contributed by atoms with Crippen LogP contribution < -0.4 is 25.7 Å². The Morgan fingerprint density at radius 2 is 1.93 bits per heavy atom. The first kappa shape index (κ1) is 28.2. The molecule has 3 aromatic heterocycles. The van der Waals surface area contributed by atoms with Crippen molar-refractivity contribution in [3.05, 3.63) is 57.1 Å². The van der Waals surface area contributed by atoms with E-state index in [0.29, 0.717) is 70.3 Å². The summed E-state index contributed by atoms with van der Waals surface area (Å²) in [5.74, 6) is 2.02. The van der Waals surface area contributed by atoms with E-state index in [4.69, 9.17) is 14.5 Å². The average Bonchev–Trinajstić information content (AvgIpc) is 3.68. The van der Waals surface area contributed by atoms with Crippen LogP contribution in [0.3, 0.4) is 0 Å². The molecule has 0 unspecified atom stereocenters. The van der Waals surface area contributed by atoms with Crippen LogP contribution in [0.25, 0.3) is 22.2 Å². The SMILES string of the molecule is COc1cc(C(=O)NCC2CCN(C)CC2)ccc1Nc1ncc2c(n1)c(-c1ccsc1)c(OCC1CC1)c(=O)n2C. The molecule has 1 aromatic carbocycles. The summed E-state index contributed by atoms with van der Waals surface area (Å²) in [7, 11) is 5.41. The highest BCUT2D eigenvalue weighted by Gasteiger charge is 2.26. The van der Waals surface area contributed by atoms with Crippen LogP contribution >= 0.6 is 11.3 Å². The maximum atomic E-state index is 13.3. The van der Waals surface area contributed by atoms with Crippen molar-refractivity contribution in [1.82, 2.24) is 24.8 Å². The van der Waals surface area contributed by atoms with Crippen molar-refractivity contribution in [2.24, 2.45) is 18.9 Å². The van der Waals surface area contributed by atoms with Gasteiger partial charge in [0.2, 0.25) is 5.95 Å². The van der Waals surface area contributed by atoms with Gasteiger partial charge in [0.05, 0.1) is 36.7 Å². The molecule has 1 saturated heterocycles. The van der Waals surface area contributed by atoms with E-state index in [2.05, 4.69) is 27.6 Å². The summed E-state index contributed by atoms with van der Waals surface area (Å²) in [5.41, 5.74) is 3.71. The van der Waals surface area contributed by atoms with Gasteiger partial charge in [-0.15, -0.1) is 0 Å². The van der Waals surface area contributed by atoms with Gasteiger partial charge in [0.25, 0.3) is 11.5 Å².